The number of hydrogen-bond donors (Lipinski definition) is 1. The van der Waals surface area contributed by atoms with Crippen LogP contribution in [0.15, 0.2) is 36.4 Å². The van der Waals surface area contributed by atoms with E-state index >= 15 is 0 Å². The van der Waals surface area contributed by atoms with Crippen LogP contribution in [0.2, 0.25) is 5.02 Å². The van der Waals surface area contributed by atoms with Crippen molar-refractivity contribution in [2.75, 3.05) is 7.11 Å². The Hall–Kier alpha value is -1.51. The molecule has 0 bridgehead atoms. The Morgan fingerprint density at radius 2 is 1.90 bits per heavy atom. The van der Waals surface area contributed by atoms with Gasteiger partial charge in [0.05, 0.1) is 13.2 Å². The minimum atomic E-state index is -0.635. The highest BCUT2D eigenvalue weighted by atomic mass is 35.5. The number of aliphatic hydroxyl groups excluding tert-OH is 1. The van der Waals surface area contributed by atoms with Gasteiger partial charge in [0.25, 0.3) is 0 Å². The van der Waals surface area contributed by atoms with E-state index in [1.807, 2.05) is 0 Å². The highest BCUT2D eigenvalue weighted by molar-refractivity contribution is 6.30. The van der Waals surface area contributed by atoms with Gasteiger partial charge in [-0.15, -0.1) is 0 Å². The maximum atomic E-state index is 10.5. The zero-order valence-corrected chi connectivity index (χ0v) is 12.7. The molecule has 2 aromatic rings. The summed E-state index contributed by atoms with van der Waals surface area (Å²) in [6.07, 6.45) is -0.0892. The smallest absolute Gasteiger partial charge is 0.124 e. The van der Waals surface area contributed by atoms with Crippen LogP contribution in [0.5, 0.6) is 5.75 Å². The summed E-state index contributed by atoms with van der Waals surface area (Å²) in [6, 6.07) is 11.6. The minimum Gasteiger partial charge on any atom is -0.496 e. The molecule has 0 spiro atoms. The van der Waals surface area contributed by atoms with E-state index in [-0.39, 0.29) is 0 Å². The van der Waals surface area contributed by atoms with Crippen molar-refractivity contribution in [3.63, 3.8) is 0 Å². The molecule has 0 aliphatic rings. The summed E-state index contributed by atoms with van der Waals surface area (Å²) in [6.45, 7) is 4.10. The van der Waals surface area contributed by atoms with E-state index in [9.17, 15) is 5.11 Å². The van der Waals surface area contributed by atoms with Gasteiger partial charge in [-0.25, -0.2) is 0 Å². The Labute approximate surface area is 125 Å². The van der Waals surface area contributed by atoms with Crippen LogP contribution < -0.4 is 4.74 Å². The van der Waals surface area contributed by atoms with Gasteiger partial charge in [-0.3, -0.25) is 0 Å². The second kappa shape index (κ2) is 6.29. The van der Waals surface area contributed by atoms with Crippen LogP contribution in [-0.2, 0) is 6.42 Å². The number of hydrogen-bond acceptors (Lipinski definition) is 2. The highest BCUT2D eigenvalue weighted by Crippen LogP contribution is 2.31. The molecule has 0 aromatic heterocycles. The second-order valence-corrected chi connectivity index (χ2v) is 5.47. The molecule has 2 aromatic carbocycles. The molecule has 0 heterocycles. The first-order chi connectivity index (χ1) is 9.51. The van der Waals surface area contributed by atoms with E-state index < -0.39 is 6.10 Å². The number of aryl methyl sites for hydroxylation is 2. The van der Waals surface area contributed by atoms with Crippen LogP contribution in [0.1, 0.15) is 28.4 Å². The molecule has 106 valence electrons. The fourth-order valence-corrected chi connectivity index (χ4v) is 2.48. The molecule has 3 heteroatoms. The Kier molecular flexibility index (Phi) is 4.69. The number of halogens is 1. The molecule has 0 aliphatic carbocycles. The lowest BCUT2D eigenvalue weighted by Crippen LogP contribution is -2.05. The standard InChI is InChI=1S/C17H19ClO2/c1-11-4-5-12(2)13(8-11)9-16(19)15-10-14(18)6-7-17(15)20-3/h4-8,10,16,19H,9H2,1-3H3. The summed E-state index contributed by atoms with van der Waals surface area (Å²) >= 11 is 6.01. The van der Waals surface area contributed by atoms with Crippen molar-refractivity contribution in [1.82, 2.24) is 0 Å². The van der Waals surface area contributed by atoms with Crippen molar-refractivity contribution in [3.05, 3.63) is 63.7 Å². The molecule has 1 N–H and O–H groups in total. The van der Waals surface area contributed by atoms with E-state index in [1.165, 1.54) is 11.1 Å². The van der Waals surface area contributed by atoms with Gasteiger partial charge in [-0.2, -0.15) is 0 Å². The summed E-state index contributed by atoms with van der Waals surface area (Å²) in [7, 11) is 1.59. The maximum absolute atomic E-state index is 10.5. The van der Waals surface area contributed by atoms with Crippen LogP contribution in [0.3, 0.4) is 0 Å². The predicted octanol–water partition coefficient (Wildman–Crippen LogP) is 4.24. The third-order valence-electron chi connectivity index (χ3n) is 3.47. The van der Waals surface area contributed by atoms with E-state index in [0.29, 0.717) is 17.2 Å². The Bertz CT molecular complexity index is 608. The summed E-state index contributed by atoms with van der Waals surface area (Å²) in [5, 5.41) is 11.1. The zero-order chi connectivity index (χ0) is 14.7. The quantitative estimate of drug-likeness (QED) is 0.912. The molecule has 20 heavy (non-hydrogen) atoms. The summed E-state index contributed by atoms with van der Waals surface area (Å²) in [5.74, 6) is 0.659. The molecule has 0 fully saturated rings. The summed E-state index contributed by atoms with van der Waals surface area (Å²) in [4.78, 5) is 0. The fourth-order valence-electron chi connectivity index (χ4n) is 2.30. The van der Waals surface area contributed by atoms with Crippen LogP contribution in [0.4, 0.5) is 0 Å². The van der Waals surface area contributed by atoms with Crippen molar-refractivity contribution in [3.8, 4) is 5.75 Å². The topological polar surface area (TPSA) is 29.5 Å². The second-order valence-electron chi connectivity index (χ2n) is 5.04. The molecule has 0 saturated heterocycles. The van der Waals surface area contributed by atoms with Gasteiger partial charge in [0.2, 0.25) is 0 Å². The average Bonchev–Trinajstić information content (AvgIpc) is 2.42. The van der Waals surface area contributed by atoms with Crippen molar-refractivity contribution in [2.45, 2.75) is 26.4 Å². The molecular formula is C17H19ClO2. The highest BCUT2D eigenvalue weighted by Gasteiger charge is 2.15. The molecular weight excluding hydrogens is 272 g/mol. The van der Waals surface area contributed by atoms with Crippen LogP contribution in [0.25, 0.3) is 0 Å². The number of benzene rings is 2. The minimum absolute atomic E-state index is 0.546. The molecule has 1 unspecified atom stereocenters. The van der Waals surface area contributed by atoms with Gasteiger partial charge in [-0.1, -0.05) is 35.4 Å². The summed E-state index contributed by atoms with van der Waals surface area (Å²) < 4.78 is 5.29. The van der Waals surface area contributed by atoms with Crippen molar-refractivity contribution >= 4 is 11.6 Å². The van der Waals surface area contributed by atoms with Gasteiger partial charge >= 0.3 is 0 Å². The third-order valence-corrected chi connectivity index (χ3v) is 3.70. The van der Waals surface area contributed by atoms with Crippen molar-refractivity contribution < 1.29 is 9.84 Å². The first kappa shape index (κ1) is 14.9. The molecule has 2 nitrogen and oxygen atoms in total. The lowest BCUT2D eigenvalue weighted by molar-refractivity contribution is 0.174. The maximum Gasteiger partial charge on any atom is 0.124 e. The number of aliphatic hydroxyl groups is 1. The van der Waals surface area contributed by atoms with E-state index in [4.69, 9.17) is 16.3 Å². The molecule has 0 aliphatic heterocycles. The third kappa shape index (κ3) is 3.33. The number of rotatable bonds is 4. The lowest BCUT2D eigenvalue weighted by Gasteiger charge is -2.16. The van der Waals surface area contributed by atoms with Crippen LogP contribution in [0, 0.1) is 13.8 Å². The largest absolute Gasteiger partial charge is 0.496 e. The lowest BCUT2D eigenvalue weighted by atomic mass is 9.96. The molecule has 1 atom stereocenters. The molecule has 0 amide bonds. The normalized spacial score (nSPS) is 12.2. The summed E-state index contributed by atoms with van der Waals surface area (Å²) in [5.41, 5.74) is 4.23. The zero-order valence-electron chi connectivity index (χ0n) is 12.0. The van der Waals surface area contributed by atoms with E-state index in [0.717, 1.165) is 11.1 Å². The SMILES string of the molecule is COc1ccc(Cl)cc1C(O)Cc1cc(C)ccc1C. The predicted molar refractivity (Wildman–Crippen MR) is 82.6 cm³/mol. The van der Waals surface area contributed by atoms with Gasteiger partial charge in [-0.05, 0) is 43.2 Å². The van der Waals surface area contributed by atoms with Gasteiger partial charge in [0.15, 0.2) is 0 Å². The van der Waals surface area contributed by atoms with E-state index in [1.54, 1.807) is 25.3 Å². The van der Waals surface area contributed by atoms with Crippen LogP contribution >= 0.6 is 11.6 Å². The number of ether oxygens (including phenoxy) is 1. The van der Waals surface area contributed by atoms with Gasteiger partial charge in [0, 0.05) is 17.0 Å². The van der Waals surface area contributed by atoms with Gasteiger partial charge < -0.3 is 9.84 Å². The first-order valence-electron chi connectivity index (χ1n) is 6.59. The Morgan fingerprint density at radius 1 is 1.15 bits per heavy atom. The fraction of sp³-hybridized carbons (Fsp3) is 0.294. The van der Waals surface area contributed by atoms with Crippen LogP contribution in [-0.4, -0.2) is 12.2 Å². The molecule has 0 radical (unpaired) electrons. The Morgan fingerprint density at radius 3 is 2.60 bits per heavy atom. The molecule has 2 rings (SSSR count). The molecule has 0 saturated carbocycles. The average molecular weight is 291 g/mol. The van der Waals surface area contributed by atoms with Crippen molar-refractivity contribution in [2.24, 2.45) is 0 Å². The number of methoxy groups -OCH3 is 1. The first-order valence-corrected chi connectivity index (χ1v) is 6.96. The van der Waals surface area contributed by atoms with Crippen molar-refractivity contribution in [1.29, 1.82) is 0 Å². The Balaban J connectivity index is 2.30. The monoisotopic (exact) mass is 290 g/mol. The van der Waals surface area contributed by atoms with E-state index in [2.05, 4.69) is 32.0 Å². The van der Waals surface area contributed by atoms with Gasteiger partial charge in [0.1, 0.15) is 5.75 Å².